The van der Waals surface area contributed by atoms with Gasteiger partial charge in [0.1, 0.15) is 0 Å². The van der Waals surface area contributed by atoms with E-state index in [2.05, 4.69) is 170 Å². The molecule has 0 bridgehead atoms. The molecule has 0 N–H and O–H groups in total. The number of para-hydroxylation sites is 1. The van der Waals surface area contributed by atoms with Crippen molar-refractivity contribution in [3.8, 4) is 16.8 Å². The Kier molecular flexibility index (Phi) is 6.08. The van der Waals surface area contributed by atoms with Crippen LogP contribution in [0.4, 0.5) is 0 Å². The number of allylic oxidation sites excluding steroid dienone is 1. The Bertz CT molecular complexity index is 2670. The van der Waals surface area contributed by atoms with Crippen LogP contribution >= 0.6 is 0 Å². The first-order chi connectivity index (χ1) is 22.8. The lowest BCUT2D eigenvalue weighted by molar-refractivity contribution is 1.11. The van der Waals surface area contributed by atoms with Crippen molar-refractivity contribution in [1.29, 1.82) is 0 Å². The molecule has 1 nitrogen and oxygen atoms in total. The van der Waals surface area contributed by atoms with Crippen LogP contribution in [0.25, 0.3) is 87.8 Å². The smallest absolute Gasteiger partial charge is 0.0585 e. The lowest BCUT2D eigenvalue weighted by atomic mass is 9.89. The largest absolute Gasteiger partial charge is 0.309 e. The first-order valence-electron chi connectivity index (χ1n) is 16.3. The van der Waals surface area contributed by atoms with Crippen molar-refractivity contribution in [2.75, 3.05) is 0 Å². The fourth-order valence-electron chi connectivity index (χ4n) is 7.90. The molecule has 218 valence electrons. The summed E-state index contributed by atoms with van der Waals surface area (Å²) in [6, 6.07) is 51.5. The van der Waals surface area contributed by atoms with Gasteiger partial charge in [-0.2, -0.15) is 0 Å². The molecular weight excluding hydrogens is 555 g/mol. The van der Waals surface area contributed by atoms with Gasteiger partial charge in [0, 0.05) is 21.8 Å². The Morgan fingerprint density at radius 1 is 0.543 bits per heavy atom. The van der Waals surface area contributed by atoms with E-state index in [0.717, 1.165) is 6.42 Å². The third-order valence-electron chi connectivity index (χ3n) is 9.85. The summed E-state index contributed by atoms with van der Waals surface area (Å²) >= 11 is 0. The van der Waals surface area contributed by atoms with Gasteiger partial charge in [-0.05, 0) is 97.6 Å². The summed E-state index contributed by atoms with van der Waals surface area (Å²) in [7, 11) is 0. The monoisotopic (exact) mass is 587 g/mol. The second-order valence-electron chi connectivity index (χ2n) is 12.3. The minimum Gasteiger partial charge on any atom is -0.309 e. The Balaban J connectivity index is 1.36. The SMILES string of the molecule is C/C=C\c1c(CC)c2c(c3ccccc3n2-c2ccc(-c3cc4ccccc4c4ccccc34)cc2)c2c1ccc1ccccc12. The summed E-state index contributed by atoms with van der Waals surface area (Å²) in [4.78, 5) is 0. The van der Waals surface area contributed by atoms with Crippen molar-refractivity contribution >= 4 is 71.0 Å². The molecule has 9 rings (SSSR count). The molecule has 0 unspecified atom stereocenters. The zero-order valence-electron chi connectivity index (χ0n) is 26.1. The van der Waals surface area contributed by atoms with Crippen LogP contribution in [0.1, 0.15) is 25.0 Å². The van der Waals surface area contributed by atoms with Gasteiger partial charge in [0.25, 0.3) is 0 Å². The van der Waals surface area contributed by atoms with Crippen LogP contribution in [0.5, 0.6) is 0 Å². The Hall–Kier alpha value is -5.66. The molecule has 0 aliphatic heterocycles. The summed E-state index contributed by atoms with van der Waals surface area (Å²) in [5.74, 6) is 0. The molecule has 9 aromatic rings. The van der Waals surface area contributed by atoms with Gasteiger partial charge in [0.05, 0.1) is 11.0 Å². The van der Waals surface area contributed by atoms with Gasteiger partial charge in [-0.25, -0.2) is 0 Å². The molecule has 1 aromatic heterocycles. The van der Waals surface area contributed by atoms with Crippen LogP contribution in [-0.4, -0.2) is 4.57 Å². The molecule has 0 saturated carbocycles. The summed E-state index contributed by atoms with van der Waals surface area (Å²) in [5.41, 5.74) is 8.94. The van der Waals surface area contributed by atoms with Crippen molar-refractivity contribution in [2.45, 2.75) is 20.3 Å². The standard InChI is InChI=1S/C45H33N/c1-3-13-36-33(4-2)45-44(43-35-17-8-5-14-29(35)24-27-39(36)43)40-20-11-12-21-42(40)46(45)32-25-22-30(23-26-32)41-28-31-15-6-7-16-34(31)37-18-9-10-19-38(37)41/h3,5-28H,4H2,1-2H3/b13-3-. The van der Waals surface area contributed by atoms with E-state index < -0.39 is 0 Å². The van der Waals surface area contributed by atoms with Gasteiger partial charge < -0.3 is 4.57 Å². The van der Waals surface area contributed by atoms with E-state index in [1.807, 2.05) is 0 Å². The van der Waals surface area contributed by atoms with E-state index in [9.17, 15) is 0 Å². The third-order valence-corrected chi connectivity index (χ3v) is 9.85. The molecule has 0 atom stereocenters. The van der Waals surface area contributed by atoms with Crippen molar-refractivity contribution in [1.82, 2.24) is 4.57 Å². The number of hydrogen-bond acceptors (Lipinski definition) is 0. The van der Waals surface area contributed by atoms with Crippen LogP contribution in [-0.2, 0) is 6.42 Å². The highest BCUT2D eigenvalue weighted by Crippen LogP contribution is 2.44. The van der Waals surface area contributed by atoms with E-state index in [4.69, 9.17) is 0 Å². The second kappa shape index (κ2) is 10.5. The van der Waals surface area contributed by atoms with Gasteiger partial charge in [-0.15, -0.1) is 0 Å². The molecule has 0 saturated heterocycles. The minimum atomic E-state index is 0.941. The quantitative estimate of drug-likeness (QED) is 0.181. The van der Waals surface area contributed by atoms with Gasteiger partial charge >= 0.3 is 0 Å². The molecule has 0 fully saturated rings. The Morgan fingerprint density at radius 3 is 1.96 bits per heavy atom. The molecule has 0 aliphatic rings. The molecular formula is C45H33N. The number of hydrogen-bond donors (Lipinski definition) is 0. The highest BCUT2D eigenvalue weighted by Gasteiger charge is 2.22. The predicted molar refractivity (Wildman–Crippen MR) is 200 cm³/mol. The predicted octanol–water partition coefficient (Wildman–Crippen LogP) is 12.7. The number of aromatic nitrogens is 1. The summed E-state index contributed by atoms with van der Waals surface area (Å²) in [6.45, 7) is 4.42. The minimum absolute atomic E-state index is 0.941. The number of rotatable bonds is 4. The average Bonchev–Trinajstić information content (AvgIpc) is 3.46. The van der Waals surface area contributed by atoms with E-state index in [1.54, 1.807) is 0 Å². The summed E-state index contributed by atoms with van der Waals surface area (Å²) in [5, 5.41) is 13.0. The van der Waals surface area contributed by atoms with Gasteiger partial charge in [-0.3, -0.25) is 0 Å². The van der Waals surface area contributed by atoms with Crippen LogP contribution in [0.15, 0.2) is 146 Å². The number of fused-ring (bicyclic) bond motifs is 10. The van der Waals surface area contributed by atoms with E-state index in [0.29, 0.717) is 0 Å². The Morgan fingerprint density at radius 2 is 1.20 bits per heavy atom. The topological polar surface area (TPSA) is 4.93 Å². The van der Waals surface area contributed by atoms with E-state index in [-0.39, 0.29) is 0 Å². The van der Waals surface area contributed by atoms with Crippen LogP contribution < -0.4 is 0 Å². The van der Waals surface area contributed by atoms with Crippen molar-refractivity contribution in [2.24, 2.45) is 0 Å². The molecule has 1 heterocycles. The van der Waals surface area contributed by atoms with Crippen LogP contribution in [0, 0.1) is 0 Å². The average molecular weight is 588 g/mol. The Labute approximate surface area is 268 Å². The van der Waals surface area contributed by atoms with Gasteiger partial charge in [-0.1, -0.05) is 134 Å². The number of aryl methyl sites for hydroxylation is 1. The summed E-state index contributed by atoms with van der Waals surface area (Å²) in [6.07, 6.45) is 5.44. The van der Waals surface area contributed by atoms with Crippen LogP contribution in [0.3, 0.4) is 0 Å². The normalized spacial score (nSPS) is 12.1. The molecule has 0 aliphatic carbocycles. The molecule has 1 heteroatoms. The molecule has 0 spiro atoms. The van der Waals surface area contributed by atoms with Crippen LogP contribution in [0.2, 0.25) is 0 Å². The maximum atomic E-state index is 2.51. The van der Waals surface area contributed by atoms with Crippen molar-refractivity contribution < 1.29 is 0 Å². The molecule has 8 aromatic carbocycles. The lowest BCUT2D eigenvalue weighted by Crippen LogP contribution is -2.00. The van der Waals surface area contributed by atoms with Crippen molar-refractivity contribution in [3.05, 3.63) is 157 Å². The highest BCUT2D eigenvalue weighted by atomic mass is 15.0. The van der Waals surface area contributed by atoms with Crippen molar-refractivity contribution in [3.63, 3.8) is 0 Å². The maximum absolute atomic E-state index is 2.51. The first-order valence-corrected chi connectivity index (χ1v) is 16.3. The zero-order chi connectivity index (χ0) is 30.8. The number of nitrogens with zero attached hydrogens (tertiary/aromatic N) is 1. The number of benzene rings is 8. The second-order valence-corrected chi connectivity index (χ2v) is 12.3. The van der Waals surface area contributed by atoms with E-state index >= 15 is 0 Å². The molecule has 0 radical (unpaired) electrons. The van der Waals surface area contributed by atoms with Gasteiger partial charge in [0.15, 0.2) is 0 Å². The third kappa shape index (κ3) is 3.82. The lowest BCUT2D eigenvalue weighted by Gasteiger charge is -2.17. The van der Waals surface area contributed by atoms with E-state index in [1.165, 1.54) is 92.8 Å². The fourth-order valence-corrected chi connectivity index (χ4v) is 7.90. The summed E-state index contributed by atoms with van der Waals surface area (Å²) < 4.78 is 2.51. The fraction of sp³-hybridized carbons (Fsp3) is 0.0667. The molecule has 0 amide bonds. The zero-order valence-corrected chi connectivity index (χ0v) is 26.1. The van der Waals surface area contributed by atoms with Gasteiger partial charge in [0.2, 0.25) is 0 Å². The molecule has 46 heavy (non-hydrogen) atoms. The first kappa shape index (κ1) is 26.7. The maximum Gasteiger partial charge on any atom is 0.0585 e. The highest BCUT2D eigenvalue weighted by molar-refractivity contribution is 6.30.